The van der Waals surface area contributed by atoms with Crippen molar-refractivity contribution in [2.45, 2.75) is 12.6 Å². The highest BCUT2D eigenvalue weighted by molar-refractivity contribution is 9.10. The van der Waals surface area contributed by atoms with Gasteiger partial charge in [0, 0.05) is 36.2 Å². The van der Waals surface area contributed by atoms with Crippen LogP contribution in [0.25, 0.3) is 0 Å². The van der Waals surface area contributed by atoms with E-state index in [2.05, 4.69) is 20.8 Å². The Bertz CT molecular complexity index is 374. The van der Waals surface area contributed by atoms with Crippen molar-refractivity contribution in [1.82, 2.24) is 4.90 Å². The SMILES string of the molecule is Cl.NCC1CN(Cc2c(F)cccc2Br)CCO1. The molecule has 3 nitrogen and oxygen atoms in total. The Balaban J connectivity index is 0.00000162. The van der Waals surface area contributed by atoms with Crippen molar-refractivity contribution in [3.05, 3.63) is 34.1 Å². The van der Waals surface area contributed by atoms with Crippen LogP contribution in [0, 0.1) is 5.82 Å². The van der Waals surface area contributed by atoms with Crippen molar-refractivity contribution < 1.29 is 9.13 Å². The van der Waals surface area contributed by atoms with E-state index in [1.54, 1.807) is 6.07 Å². The Labute approximate surface area is 121 Å². The minimum atomic E-state index is -0.171. The van der Waals surface area contributed by atoms with Crippen molar-refractivity contribution in [2.75, 3.05) is 26.2 Å². The Morgan fingerprint density at radius 2 is 2.28 bits per heavy atom. The summed E-state index contributed by atoms with van der Waals surface area (Å²) >= 11 is 3.38. The van der Waals surface area contributed by atoms with Crippen LogP contribution >= 0.6 is 28.3 Å². The topological polar surface area (TPSA) is 38.5 Å². The van der Waals surface area contributed by atoms with Crippen LogP contribution in [0.3, 0.4) is 0 Å². The summed E-state index contributed by atoms with van der Waals surface area (Å²) in [5, 5.41) is 0. The van der Waals surface area contributed by atoms with Gasteiger partial charge >= 0.3 is 0 Å². The number of morpholine rings is 1. The molecule has 1 aliphatic heterocycles. The normalized spacial score (nSPS) is 20.5. The number of halogens is 3. The lowest BCUT2D eigenvalue weighted by Crippen LogP contribution is -2.45. The van der Waals surface area contributed by atoms with Gasteiger partial charge in [-0.05, 0) is 12.1 Å². The van der Waals surface area contributed by atoms with Gasteiger partial charge < -0.3 is 10.5 Å². The minimum Gasteiger partial charge on any atom is -0.374 e. The second-order valence-corrected chi connectivity index (χ2v) is 5.02. The molecule has 2 N–H and O–H groups in total. The van der Waals surface area contributed by atoms with Crippen LogP contribution in [0.4, 0.5) is 4.39 Å². The Kier molecular flexibility index (Phi) is 6.52. The Morgan fingerprint density at radius 1 is 1.50 bits per heavy atom. The van der Waals surface area contributed by atoms with Gasteiger partial charge in [0.1, 0.15) is 5.82 Å². The van der Waals surface area contributed by atoms with Gasteiger partial charge in [-0.25, -0.2) is 4.39 Å². The first kappa shape index (κ1) is 15.9. The zero-order valence-corrected chi connectivity index (χ0v) is 12.3. The van der Waals surface area contributed by atoms with E-state index in [1.165, 1.54) is 6.07 Å². The summed E-state index contributed by atoms with van der Waals surface area (Å²) in [6.07, 6.45) is 0.0642. The van der Waals surface area contributed by atoms with Crippen molar-refractivity contribution >= 4 is 28.3 Å². The standard InChI is InChI=1S/C12H16BrFN2O.ClH/c13-11-2-1-3-12(14)10(11)8-16-4-5-17-9(6-15)7-16;/h1-3,9H,4-8,15H2;1H. The van der Waals surface area contributed by atoms with Crippen molar-refractivity contribution in [3.8, 4) is 0 Å². The van der Waals surface area contributed by atoms with Crippen LogP contribution in [0.15, 0.2) is 22.7 Å². The first-order valence-electron chi connectivity index (χ1n) is 5.67. The van der Waals surface area contributed by atoms with Crippen LogP contribution in [0.1, 0.15) is 5.56 Å². The third kappa shape index (κ3) is 3.90. The van der Waals surface area contributed by atoms with E-state index in [1.807, 2.05) is 6.07 Å². The van der Waals surface area contributed by atoms with Gasteiger partial charge in [0.05, 0.1) is 12.7 Å². The Morgan fingerprint density at radius 3 is 2.94 bits per heavy atom. The Hall–Kier alpha value is -0.200. The molecular weight excluding hydrogens is 322 g/mol. The third-order valence-corrected chi connectivity index (χ3v) is 3.67. The highest BCUT2D eigenvalue weighted by atomic mass is 79.9. The van der Waals surface area contributed by atoms with E-state index < -0.39 is 0 Å². The minimum absolute atomic E-state index is 0. The molecular formula is C12H17BrClFN2O. The lowest BCUT2D eigenvalue weighted by Gasteiger charge is -2.32. The molecule has 0 aromatic heterocycles. The maximum atomic E-state index is 13.7. The molecule has 1 aromatic carbocycles. The number of nitrogens with zero attached hydrogens (tertiary/aromatic N) is 1. The molecule has 0 aliphatic carbocycles. The molecule has 6 heteroatoms. The molecule has 1 saturated heterocycles. The van der Waals surface area contributed by atoms with Gasteiger partial charge in [-0.3, -0.25) is 4.90 Å². The molecule has 1 heterocycles. The van der Waals surface area contributed by atoms with Gasteiger partial charge in [-0.15, -0.1) is 12.4 Å². The fourth-order valence-electron chi connectivity index (χ4n) is 1.97. The highest BCUT2D eigenvalue weighted by Crippen LogP contribution is 2.22. The largest absolute Gasteiger partial charge is 0.374 e. The molecule has 0 spiro atoms. The number of benzene rings is 1. The molecule has 2 rings (SSSR count). The zero-order chi connectivity index (χ0) is 12.3. The molecule has 1 aliphatic rings. The van der Waals surface area contributed by atoms with E-state index in [-0.39, 0.29) is 24.3 Å². The average Bonchev–Trinajstić information content (AvgIpc) is 2.34. The van der Waals surface area contributed by atoms with E-state index in [0.29, 0.717) is 25.3 Å². The summed E-state index contributed by atoms with van der Waals surface area (Å²) in [5.41, 5.74) is 6.28. The number of hydrogen-bond acceptors (Lipinski definition) is 3. The molecule has 1 aromatic rings. The third-order valence-electron chi connectivity index (χ3n) is 2.93. The van der Waals surface area contributed by atoms with Crippen LogP contribution in [0.2, 0.25) is 0 Å². The van der Waals surface area contributed by atoms with Crippen molar-refractivity contribution in [2.24, 2.45) is 5.73 Å². The molecule has 0 saturated carbocycles. The van der Waals surface area contributed by atoms with Gasteiger partial charge in [0.2, 0.25) is 0 Å². The summed E-state index contributed by atoms with van der Waals surface area (Å²) in [6, 6.07) is 5.05. The molecule has 1 atom stereocenters. The quantitative estimate of drug-likeness (QED) is 0.917. The van der Waals surface area contributed by atoms with Gasteiger partial charge in [-0.2, -0.15) is 0 Å². The second-order valence-electron chi connectivity index (χ2n) is 4.16. The first-order chi connectivity index (χ1) is 8.20. The molecule has 102 valence electrons. The monoisotopic (exact) mass is 338 g/mol. The average molecular weight is 340 g/mol. The van der Waals surface area contributed by atoms with E-state index in [9.17, 15) is 4.39 Å². The lowest BCUT2D eigenvalue weighted by molar-refractivity contribution is -0.0264. The van der Waals surface area contributed by atoms with Gasteiger partial charge in [-0.1, -0.05) is 22.0 Å². The summed E-state index contributed by atoms with van der Waals surface area (Å²) in [6.45, 7) is 3.34. The highest BCUT2D eigenvalue weighted by Gasteiger charge is 2.20. The van der Waals surface area contributed by atoms with E-state index in [0.717, 1.165) is 17.6 Å². The first-order valence-corrected chi connectivity index (χ1v) is 6.47. The predicted molar refractivity (Wildman–Crippen MR) is 75.4 cm³/mol. The van der Waals surface area contributed by atoms with E-state index >= 15 is 0 Å². The van der Waals surface area contributed by atoms with Gasteiger partial charge in [0.25, 0.3) is 0 Å². The molecule has 1 fully saturated rings. The number of nitrogens with two attached hydrogens (primary N) is 1. The summed E-state index contributed by atoms with van der Waals surface area (Å²) in [5.74, 6) is -0.171. The molecule has 0 amide bonds. The summed E-state index contributed by atoms with van der Waals surface area (Å²) in [7, 11) is 0. The fraction of sp³-hybridized carbons (Fsp3) is 0.500. The van der Waals surface area contributed by atoms with E-state index in [4.69, 9.17) is 10.5 Å². The molecule has 1 unspecified atom stereocenters. The van der Waals surface area contributed by atoms with Crippen LogP contribution in [-0.4, -0.2) is 37.2 Å². The van der Waals surface area contributed by atoms with Crippen molar-refractivity contribution in [1.29, 1.82) is 0 Å². The predicted octanol–water partition coefficient (Wildman–Crippen LogP) is 2.17. The molecule has 0 radical (unpaired) electrons. The van der Waals surface area contributed by atoms with Gasteiger partial charge in [0.15, 0.2) is 0 Å². The number of rotatable bonds is 3. The summed E-state index contributed by atoms with van der Waals surface area (Å²) in [4.78, 5) is 2.17. The number of ether oxygens (including phenoxy) is 1. The smallest absolute Gasteiger partial charge is 0.128 e. The van der Waals surface area contributed by atoms with Crippen LogP contribution in [0.5, 0.6) is 0 Å². The lowest BCUT2D eigenvalue weighted by atomic mass is 10.1. The molecule has 18 heavy (non-hydrogen) atoms. The maximum Gasteiger partial charge on any atom is 0.128 e. The zero-order valence-electron chi connectivity index (χ0n) is 9.94. The summed E-state index contributed by atoms with van der Waals surface area (Å²) < 4.78 is 20.0. The number of hydrogen-bond donors (Lipinski definition) is 1. The van der Waals surface area contributed by atoms with Crippen LogP contribution < -0.4 is 5.73 Å². The molecule has 0 bridgehead atoms. The van der Waals surface area contributed by atoms with Crippen molar-refractivity contribution in [3.63, 3.8) is 0 Å². The van der Waals surface area contributed by atoms with Crippen LogP contribution in [-0.2, 0) is 11.3 Å². The fourth-order valence-corrected chi connectivity index (χ4v) is 2.44. The second kappa shape index (κ2) is 7.40. The maximum absolute atomic E-state index is 13.7.